The molecule has 2 N–H and O–H groups in total. The summed E-state index contributed by atoms with van der Waals surface area (Å²) in [5.74, 6) is -0.648. The van der Waals surface area contributed by atoms with E-state index in [1.54, 1.807) is 12.3 Å². The Morgan fingerprint density at radius 3 is 2.59 bits per heavy atom. The minimum absolute atomic E-state index is 0.0776. The molecule has 172 valence electrons. The van der Waals surface area contributed by atoms with Gasteiger partial charge in [0.1, 0.15) is 11.5 Å². The Morgan fingerprint density at radius 2 is 1.82 bits per heavy atom. The van der Waals surface area contributed by atoms with Gasteiger partial charge in [-0.05, 0) is 36.2 Å². The van der Waals surface area contributed by atoms with Crippen LogP contribution in [0.25, 0.3) is 33.3 Å². The topological polar surface area (TPSA) is 92.7 Å². The molecule has 0 saturated carbocycles. The fourth-order valence-corrected chi connectivity index (χ4v) is 4.51. The summed E-state index contributed by atoms with van der Waals surface area (Å²) in [6.45, 7) is 2.09. The van der Waals surface area contributed by atoms with E-state index in [2.05, 4.69) is 38.8 Å². The van der Waals surface area contributed by atoms with Crippen molar-refractivity contribution in [3.63, 3.8) is 0 Å². The number of pyridine rings is 1. The van der Waals surface area contributed by atoms with Gasteiger partial charge in [0.25, 0.3) is 0 Å². The van der Waals surface area contributed by atoms with Gasteiger partial charge < -0.3 is 4.98 Å². The summed E-state index contributed by atoms with van der Waals surface area (Å²) in [5.41, 5.74) is 5.01. The highest BCUT2D eigenvalue weighted by molar-refractivity contribution is 7.92. The van der Waals surface area contributed by atoms with E-state index in [1.807, 2.05) is 47.5 Å². The molecule has 34 heavy (non-hydrogen) atoms. The zero-order chi connectivity index (χ0) is 23.9. The molecular weight excluding hydrogens is 453 g/mol. The summed E-state index contributed by atoms with van der Waals surface area (Å²) in [4.78, 5) is 7.69. The van der Waals surface area contributed by atoms with Gasteiger partial charge in [0, 0.05) is 40.7 Å². The molecule has 9 heteroatoms. The van der Waals surface area contributed by atoms with E-state index in [0.29, 0.717) is 11.2 Å². The van der Waals surface area contributed by atoms with Crippen LogP contribution in [0.15, 0.2) is 79.4 Å². The highest BCUT2D eigenvalue weighted by atomic mass is 32.2. The van der Waals surface area contributed by atoms with E-state index in [9.17, 15) is 12.8 Å². The number of nitrogens with one attached hydrogen (secondary N) is 2. The predicted molar refractivity (Wildman–Crippen MR) is 131 cm³/mol. The summed E-state index contributed by atoms with van der Waals surface area (Å²) in [6.07, 6.45) is 8.36. The van der Waals surface area contributed by atoms with Crippen molar-refractivity contribution in [2.75, 3.05) is 11.0 Å². The number of nitrogens with zero attached hydrogens (tertiary/aromatic N) is 3. The zero-order valence-corrected chi connectivity index (χ0v) is 19.3. The predicted octanol–water partition coefficient (Wildman–Crippen LogP) is 5.21. The van der Waals surface area contributed by atoms with Gasteiger partial charge in [-0.15, -0.1) is 0 Å². The lowest BCUT2D eigenvalue weighted by Gasteiger charge is -2.12. The van der Waals surface area contributed by atoms with Crippen molar-refractivity contribution in [3.05, 3.63) is 90.8 Å². The third-order valence-corrected chi connectivity index (χ3v) is 6.31. The fourth-order valence-electron chi connectivity index (χ4n) is 3.96. The molecule has 5 aromatic rings. The summed E-state index contributed by atoms with van der Waals surface area (Å²) in [7, 11) is -3.61. The van der Waals surface area contributed by atoms with Gasteiger partial charge in [0.05, 0.1) is 24.2 Å². The van der Waals surface area contributed by atoms with E-state index >= 15 is 0 Å². The van der Waals surface area contributed by atoms with Crippen LogP contribution in [0.4, 0.5) is 10.1 Å². The average molecular weight is 476 g/mol. The van der Waals surface area contributed by atoms with Crippen LogP contribution in [0.5, 0.6) is 0 Å². The lowest BCUT2D eigenvalue weighted by atomic mass is 10.0. The van der Waals surface area contributed by atoms with Crippen molar-refractivity contribution in [1.82, 2.24) is 19.7 Å². The minimum atomic E-state index is -3.61. The first-order chi connectivity index (χ1) is 16.3. The third kappa shape index (κ3) is 4.29. The Balaban J connectivity index is 1.52. The van der Waals surface area contributed by atoms with Gasteiger partial charge in [-0.25, -0.2) is 17.8 Å². The fraction of sp³-hybridized carbons (Fsp3) is 0.120. The van der Waals surface area contributed by atoms with Gasteiger partial charge in [0.2, 0.25) is 10.0 Å². The first kappa shape index (κ1) is 21.8. The number of halogens is 1. The molecule has 0 aliphatic carbocycles. The standard InChI is InChI=1S/C25H22FN5O2S/c1-16(17-6-4-3-5-7-17)31-15-20(13-29-31)22-14-28-25-21(22)10-19(12-27-25)18-8-9-23(26)24(11-18)30-34(2,32)33/h3-16,30H,1-2H3,(H,27,28). The Morgan fingerprint density at radius 1 is 1.03 bits per heavy atom. The van der Waals surface area contributed by atoms with Gasteiger partial charge in [-0.2, -0.15) is 5.10 Å². The van der Waals surface area contributed by atoms with Crippen molar-refractivity contribution < 1.29 is 12.8 Å². The second kappa shape index (κ2) is 8.42. The molecule has 0 radical (unpaired) electrons. The van der Waals surface area contributed by atoms with Crippen molar-refractivity contribution in [2.45, 2.75) is 13.0 Å². The Kier molecular flexibility index (Phi) is 5.41. The molecular formula is C25H22FN5O2S. The van der Waals surface area contributed by atoms with E-state index in [-0.39, 0.29) is 11.7 Å². The molecule has 2 aromatic carbocycles. The van der Waals surface area contributed by atoms with Crippen LogP contribution >= 0.6 is 0 Å². The largest absolute Gasteiger partial charge is 0.346 e. The molecule has 0 fully saturated rings. The molecule has 3 aromatic heterocycles. The monoisotopic (exact) mass is 475 g/mol. The number of sulfonamides is 1. The quantitative estimate of drug-likeness (QED) is 0.352. The van der Waals surface area contributed by atoms with Crippen LogP contribution in [-0.4, -0.2) is 34.4 Å². The van der Waals surface area contributed by atoms with Crippen LogP contribution in [0.2, 0.25) is 0 Å². The van der Waals surface area contributed by atoms with Crippen molar-refractivity contribution in [1.29, 1.82) is 0 Å². The number of fused-ring (bicyclic) bond motifs is 1. The highest BCUT2D eigenvalue weighted by Gasteiger charge is 2.15. The molecule has 0 amide bonds. The van der Waals surface area contributed by atoms with Crippen LogP contribution in [-0.2, 0) is 10.0 Å². The number of hydrogen-bond donors (Lipinski definition) is 2. The van der Waals surface area contributed by atoms with Crippen LogP contribution in [0, 0.1) is 5.82 Å². The molecule has 0 aliphatic heterocycles. The van der Waals surface area contributed by atoms with E-state index in [4.69, 9.17) is 0 Å². The number of benzene rings is 2. The Labute approximate surface area is 196 Å². The third-order valence-electron chi connectivity index (χ3n) is 5.72. The number of rotatable bonds is 6. The van der Waals surface area contributed by atoms with E-state index in [0.717, 1.165) is 33.9 Å². The van der Waals surface area contributed by atoms with Crippen LogP contribution in [0.1, 0.15) is 18.5 Å². The molecule has 0 spiro atoms. The lowest BCUT2D eigenvalue weighted by molar-refractivity contribution is 0.565. The first-order valence-corrected chi connectivity index (χ1v) is 12.5. The maximum atomic E-state index is 14.1. The van der Waals surface area contributed by atoms with Gasteiger partial charge in [-0.1, -0.05) is 36.4 Å². The minimum Gasteiger partial charge on any atom is -0.346 e. The van der Waals surface area contributed by atoms with Gasteiger partial charge in [0.15, 0.2) is 0 Å². The molecule has 0 saturated heterocycles. The summed E-state index contributed by atoms with van der Waals surface area (Å²) >= 11 is 0. The molecule has 0 aliphatic rings. The number of aromatic nitrogens is 4. The SMILES string of the molecule is CC(c1ccccc1)n1cc(-c2c[nH]c3ncc(-c4ccc(F)c(NS(C)(=O)=O)c4)cc23)cn1. The number of hydrogen-bond acceptors (Lipinski definition) is 4. The van der Waals surface area contributed by atoms with Crippen molar-refractivity contribution >= 4 is 26.7 Å². The molecule has 3 heterocycles. The highest BCUT2D eigenvalue weighted by Crippen LogP contribution is 2.33. The smallest absolute Gasteiger partial charge is 0.229 e. The molecule has 0 bridgehead atoms. The number of aromatic amines is 1. The van der Waals surface area contributed by atoms with Crippen LogP contribution < -0.4 is 4.72 Å². The van der Waals surface area contributed by atoms with Crippen molar-refractivity contribution in [3.8, 4) is 22.3 Å². The van der Waals surface area contributed by atoms with Crippen LogP contribution in [0.3, 0.4) is 0 Å². The van der Waals surface area contributed by atoms with Crippen molar-refractivity contribution in [2.24, 2.45) is 0 Å². The summed E-state index contributed by atoms with van der Waals surface area (Å²) < 4.78 is 41.4. The summed E-state index contributed by atoms with van der Waals surface area (Å²) in [6, 6.07) is 16.5. The zero-order valence-electron chi connectivity index (χ0n) is 18.5. The molecule has 5 rings (SSSR count). The second-order valence-corrected chi connectivity index (χ2v) is 9.94. The maximum Gasteiger partial charge on any atom is 0.229 e. The second-order valence-electron chi connectivity index (χ2n) is 8.19. The van der Waals surface area contributed by atoms with Gasteiger partial charge in [-0.3, -0.25) is 9.40 Å². The maximum absolute atomic E-state index is 14.1. The molecule has 7 nitrogen and oxygen atoms in total. The first-order valence-electron chi connectivity index (χ1n) is 10.6. The molecule has 1 unspecified atom stereocenters. The van der Waals surface area contributed by atoms with E-state index in [1.165, 1.54) is 12.1 Å². The summed E-state index contributed by atoms with van der Waals surface area (Å²) in [5, 5.41) is 5.45. The molecule has 1 atom stereocenters. The lowest BCUT2D eigenvalue weighted by Crippen LogP contribution is -2.10. The average Bonchev–Trinajstić information content (AvgIpc) is 3.46. The normalized spacial score (nSPS) is 12.7. The van der Waals surface area contributed by atoms with Gasteiger partial charge >= 0.3 is 0 Å². The van der Waals surface area contributed by atoms with E-state index < -0.39 is 15.8 Å². The number of H-pyrrole nitrogens is 1. The number of anilines is 1. The Hall–Kier alpha value is -3.98. The Bertz CT molecular complexity index is 1590.